The second-order valence-electron chi connectivity index (χ2n) is 4.58. The van der Waals surface area contributed by atoms with Crippen molar-refractivity contribution >= 4 is 5.91 Å². The second-order valence-corrected chi connectivity index (χ2v) is 4.58. The quantitative estimate of drug-likeness (QED) is 0.832. The number of methoxy groups -OCH3 is 1. The fourth-order valence-electron chi connectivity index (χ4n) is 2.49. The van der Waals surface area contributed by atoms with Gasteiger partial charge in [-0.2, -0.15) is 0 Å². The van der Waals surface area contributed by atoms with Gasteiger partial charge in [-0.25, -0.2) is 0 Å². The highest BCUT2D eigenvalue weighted by atomic mass is 16.5. The van der Waals surface area contributed by atoms with E-state index < -0.39 is 0 Å². The van der Waals surface area contributed by atoms with E-state index in [2.05, 4.69) is 10.3 Å². The zero-order valence-corrected chi connectivity index (χ0v) is 10.6. The predicted octanol–water partition coefficient (Wildman–Crippen LogP) is 0.947. The van der Waals surface area contributed by atoms with Crippen LogP contribution in [0.1, 0.15) is 29.6 Å². The maximum Gasteiger partial charge on any atom is 0.255 e. The summed E-state index contributed by atoms with van der Waals surface area (Å²) < 4.78 is 5.14. The van der Waals surface area contributed by atoms with Gasteiger partial charge >= 0.3 is 0 Å². The van der Waals surface area contributed by atoms with E-state index in [9.17, 15) is 4.79 Å². The average molecular weight is 249 g/mol. The SMILES string of the molecule is COc1cnccc1C(=O)NC1CCCC1CN. The lowest BCUT2D eigenvalue weighted by Gasteiger charge is -2.20. The summed E-state index contributed by atoms with van der Waals surface area (Å²) in [5.41, 5.74) is 6.23. The molecule has 5 heteroatoms. The number of hydrogen-bond donors (Lipinski definition) is 2. The highest BCUT2D eigenvalue weighted by molar-refractivity contribution is 5.96. The Kier molecular flexibility index (Phi) is 4.15. The third-order valence-corrected chi connectivity index (χ3v) is 3.53. The van der Waals surface area contributed by atoms with E-state index in [0.29, 0.717) is 23.8 Å². The second kappa shape index (κ2) is 5.82. The van der Waals surface area contributed by atoms with Crippen LogP contribution >= 0.6 is 0 Å². The molecule has 1 aromatic heterocycles. The number of nitrogens with one attached hydrogen (secondary N) is 1. The molecule has 2 atom stereocenters. The summed E-state index contributed by atoms with van der Waals surface area (Å²) in [6.07, 6.45) is 6.35. The van der Waals surface area contributed by atoms with Gasteiger partial charge in [-0.15, -0.1) is 0 Å². The van der Waals surface area contributed by atoms with Crippen molar-refractivity contribution in [1.29, 1.82) is 0 Å². The van der Waals surface area contributed by atoms with Gasteiger partial charge in [0.05, 0.1) is 18.9 Å². The van der Waals surface area contributed by atoms with Crippen molar-refractivity contribution in [2.45, 2.75) is 25.3 Å². The number of rotatable bonds is 4. The first kappa shape index (κ1) is 12.8. The van der Waals surface area contributed by atoms with Gasteiger partial charge in [0.15, 0.2) is 0 Å². The summed E-state index contributed by atoms with van der Waals surface area (Å²) in [6.45, 7) is 0.623. The van der Waals surface area contributed by atoms with Crippen molar-refractivity contribution in [3.8, 4) is 5.75 Å². The highest BCUT2D eigenvalue weighted by Crippen LogP contribution is 2.25. The smallest absolute Gasteiger partial charge is 0.255 e. The maximum absolute atomic E-state index is 12.2. The summed E-state index contributed by atoms with van der Waals surface area (Å²) in [4.78, 5) is 16.1. The molecule has 0 bridgehead atoms. The standard InChI is InChI=1S/C13H19N3O2/c1-18-12-8-15-6-5-10(12)13(17)16-11-4-2-3-9(11)7-14/h5-6,8-9,11H,2-4,7,14H2,1H3,(H,16,17). The molecule has 18 heavy (non-hydrogen) atoms. The van der Waals surface area contributed by atoms with Gasteiger partial charge in [-0.1, -0.05) is 6.42 Å². The molecule has 1 heterocycles. The minimum absolute atomic E-state index is 0.111. The van der Waals surface area contributed by atoms with Crippen molar-refractivity contribution in [2.24, 2.45) is 11.7 Å². The molecule has 0 spiro atoms. The lowest BCUT2D eigenvalue weighted by molar-refractivity contribution is 0.0925. The van der Waals surface area contributed by atoms with Crippen LogP contribution in [0.2, 0.25) is 0 Å². The van der Waals surface area contributed by atoms with Crippen LogP contribution in [0.15, 0.2) is 18.5 Å². The van der Waals surface area contributed by atoms with E-state index in [-0.39, 0.29) is 11.9 Å². The Bertz CT molecular complexity index is 422. The fraction of sp³-hybridized carbons (Fsp3) is 0.538. The molecule has 98 valence electrons. The van der Waals surface area contributed by atoms with Crippen molar-refractivity contribution in [1.82, 2.24) is 10.3 Å². The molecular formula is C13H19N3O2. The van der Waals surface area contributed by atoms with Crippen LogP contribution in [0.4, 0.5) is 0 Å². The van der Waals surface area contributed by atoms with Crippen LogP contribution in [0.25, 0.3) is 0 Å². The summed E-state index contributed by atoms with van der Waals surface area (Å²) in [5, 5.41) is 3.04. The molecule has 0 aliphatic heterocycles. The van der Waals surface area contributed by atoms with Crippen molar-refractivity contribution in [3.63, 3.8) is 0 Å². The molecule has 1 aromatic rings. The molecule has 1 fully saturated rings. The normalized spacial score (nSPS) is 22.8. The third kappa shape index (κ3) is 2.61. The fourth-order valence-corrected chi connectivity index (χ4v) is 2.49. The van der Waals surface area contributed by atoms with Crippen molar-refractivity contribution in [2.75, 3.05) is 13.7 Å². The van der Waals surface area contributed by atoms with Gasteiger partial charge in [0.25, 0.3) is 5.91 Å². The molecule has 2 unspecified atom stereocenters. The number of pyridine rings is 1. The number of carbonyl (C=O) groups is 1. The number of nitrogens with two attached hydrogens (primary N) is 1. The van der Waals surface area contributed by atoms with E-state index in [1.54, 1.807) is 18.5 Å². The molecule has 0 saturated heterocycles. The summed E-state index contributed by atoms with van der Waals surface area (Å²) in [7, 11) is 1.53. The molecule has 2 rings (SSSR count). The first-order valence-electron chi connectivity index (χ1n) is 6.25. The molecule has 3 N–H and O–H groups in total. The maximum atomic E-state index is 12.2. The minimum Gasteiger partial charge on any atom is -0.494 e. The van der Waals surface area contributed by atoms with Gasteiger partial charge in [-0.05, 0) is 31.4 Å². The molecule has 1 saturated carbocycles. The van der Waals surface area contributed by atoms with Crippen LogP contribution in [-0.4, -0.2) is 30.6 Å². The number of aromatic nitrogens is 1. The third-order valence-electron chi connectivity index (χ3n) is 3.53. The molecule has 1 aliphatic carbocycles. The molecule has 1 amide bonds. The Morgan fingerprint density at radius 2 is 2.44 bits per heavy atom. The van der Waals surface area contributed by atoms with Gasteiger partial charge in [-0.3, -0.25) is 9.78 Å². The molecule has 5 nitrogen and oxygen atoms in total. The number of amides is 1. The number of hydrogen-bond acceptors (Lipinski definition) is 4. The van der Waals surface area contributed by atoms with Crippen molar-refractivity contribution < 1.29 is 9.53 Å². The van der Waals surface area contributed by atoms with Gasteiger partial charge < -0.3 is 15.8 Å². The van der Waals surface area contributed by atoms with Crippen LogP contribution in [-0.2, 0) is 0 Å². The Hall–Kier alpha value is -1.62. The Morgan fingerprint density at radius 3 is 3.17 bits per heavy atom. The van der Waals surface area contributed by atoms with E-state index in [4.69, 9.17) is 10.5 Å². The van der Waals surface area contributed by atoms with Crippen LogP contribution in [0.3, 0.4) is 0 Å². The van der Waals surface area contributed by atoms with Crippen LogP contribution in [0, 0.1) is 5.92 Å². The average Bonchev–Trinajstić information content (AvgIpc) is 2.85. The Morgan fingerprint density at radius 1 is 1.61 bits per heavy atom. The van der Waals surface area contributed by atoms with Gasteiger partial charge in [0, 0.05) is 12.2 Å². The summed E-state index contributed by atoms with van der Waals surface area (Å²) in [5.74, 6) is 0.777. The highest BCUT2D eigenvalue weighted by Gasteiger charge is 2.28. The zero-order chi connectivity index (χ0) is 13.0. The topological polar surface area (TPSA) is 77.2 Å². The Labute approximate surface area is 107 Å². The summed E-state index contributed by atoms with van der Waals surface area (Å²) in [6, 6.07) is 1.85. The minimum atomic E-state index is -0.111. The molecule has 0 radical (unpaired) electrons. The Balaban J connectivity index is 2.07. The summed E-state index contributed by atoms with van der Waals surface area (Å²) >= 11 is 0. The molecular weight excluding hydrogens is 230 g/mol. The van der Waals surface area contributed by atoms with E-state index in [1.807, 2.05) is 0 Å². The molecule has 0 aromatic carbocycles. The van der Waals surface area contributed by atoms with E-state index in [0.717, 1.165) is 19.3 Å². The number of nitrogens with zero attached hydrogens (tertiary/aromatic N) is 1. The predicted molar refractivity (Wildman–Crippen MR) is 68.4 cm³/mol. The van der Waals surface area contributed by atoms with Crippen LogP contribution < -0.4 is 15.8 Å². The zero-order valence-electron chi connectivity index (χ0n) is 10.6. The van der Waals surface area contributed by atoms with Crippen molar-refractivity contribution in [3.05, 3.63) is 24.0 Å². The van der Waals surface area contributed by atoms with Gasteiger partial charge in [0.2, 0.25) is 0 Å². The first-order chi connectivity index (χ1) is 8.76. The van der Waals surface area contributed by atoms with E-state index >= 15 is 0 Å². The lowest BCUT2D eigenvalue weighted by Crippen LogP contribution is -2.40. The first-order valence-corrected chi connectivity index (χ1v) is 6.25. The lowest BCUT2D eigenvalue weighted by atomic mass is 10.0. The van der Waals surface area contributed by atoms with Crippen LogP contribution in [0.5, 0.6) is 5.75 Å². The monoisotopic (exact) mass is 249 g/mol. The number of ether oxygens (including phenoxy) is 1. The largest absolute Gasteiger partial charge is 0.494 e. The van der Waals surface area contributed by atoms with Gasteiger partial charge in [0.1, 0.15) is 5.75 Å². The number of carbonyl (C=O) groups excluding carboxylic acids is 1. The molecule has 1 aliphatic rings. The van der Waals surface area contributed by atoms with E-state index in [1.165, 1.54) is 7.11 Å².